The first-order chi connectivity index (χ1) is 13.2. The minimum Gasteiger partial charge on any atom is -0.321 e. The van der Waals surface area contributed by atoms with E-state index in [9.17, 15) is 4.79 Å². The number of carbonyl (C=O) groups excluding carboxylic acids is 1. The summed E-state index contributed by atoms with van der Waals surface area (Å²) in [7, 11) is 0. The third-order valence-electron chi connectivity index (χ3n) is 3.86. The van der Waals surface area contributed by atoms with E-state index in [0.717, 1.165) is 34.1 Å². The summed E-state index contributed by atoms with van der Waals surface area (Å²) in [6, 6.07) is 13.5. The summed E-state index contributed by atoms with van der Waals surface area (Å²) in [5, 5.41) is 10.0. The second-order valence-electron chi connectivity index (χ2n) is 5.87. The van der Waals surface area contributed by atoms with E-state index in [2.05, 4.69) is 33.4 Å². The van der Waals surface area contributed by atoms with Gasteiger partial charge in [0.1, 0.15) is 11.4 Å². The Balaban J connectivity index is 1.52. The predicted octanol–water partition coefficient (Wildman–Crippen LogP) is 4.54. The van der Waals surface area contributed by atoms with Crippen molar-refractivity contribution in [2.24, 2.45) is 0 Å². The molecule has 0 radical (unpaired) electrons. The number of rotatable bonds is 6. The highest BCUT2D eigenvalue weighted by Gasteiger charge is 2.10. The van der Waals surface area contributed by atoms with Crippen molar-refractivity contribution >= 4 is 40.5 Å². The van der Waals surface area contributed by atoms with Crippen LogP contribution >= 0.6 is 23.1 Å². The molecule has 1 N–H and O–H groups in total. The first-order valence-corrected chi connectivity index (χ1v) is 10.2. The summed E-state index contributed by atoms with van der Waals surface area (Å²) < 4.78 is 1.75. The summed E-state index contributed by atoms with van der Waals surface area (Å²) >= 11 is 3.02. The SMILES string of the molecule is CCCc1cc(Sc2ccc(NC(=O)c3cccs3)cc2)n2ncnc2n1. The molecule has 0 bridgehead atoms. The Labute approximate surface area is 164 Å². The van der Waals surface area contributed by atoms with Crippen LogP contribution in [-0.2, 0) is 6.42 Å². The topological polar surface area (TPSA) is 72.2 Å². The maximum absolute atomic E-state index is 12.1. The summed E-state index contributed by atoms with van der Waals surface area (Å²) in [5.41, 5.74) is 1.78. The van der Waals surface area contributed by atoms with Gasteiger partial charge in [-0.3, -0.25) is 4.79 Å². The van der Waals surface area contributed by atoms with Crippen LogP contribution in [0.15, 0.2) is 64.1 Å². The van der Waals surface area contributed by atoms with Gasteiger partial charge in [-0.25, -0.2) is 4.98 Å². The van der Waals surface area contributed by atoms with Crippen molar-refractivity contribution in [2.75, 3.05) is 5.32 Å². The number of hydrogen-bond donors (Lipinski definition) is 1. The molecule has 0 saturated heterocycles. The fourth-order valence-electron chi connectivity index (χ4n) is 2.62. The number of aromatic nitrogens is 4. The molecule has 3 heterocycles. The van der Waals surface area contributed by atoms with Gasteiger partial charge in [-0.2, -0.15) is 14.6 Å². The molecule has 0 aliphatic rings. The van der Waals surface area contributed by atoms with Crippen molar-refractivity contribution in [3.63, 3.8) is 0 Å². The third kappa shape index (κ3) is 4.01. The highest BCUT2D eigenvalue weighted by molar-refractivity contribution is 7.99. The number of anilines is 1. The zero-order valence-electron chi connectivity index (χ0n) is 14.6. The van der Waals surface area contributed by atoms with Gasteiger partial charge in [-0.15, -0.1) is 11.3 Å². The van der Waals surface area contributed by atoms with E-state index in [1.807, 2.05) is 41.8 Å². The number of thiophene rings is 1. The van der Waals surface area contributed by atoms with Gasteiger partial charge in [0.15, 0.2) is 0 Å². The molecule has 1 aromatic carbocycles. The van der Waals surface area contributed by atoms with Crippen molar-refractivity contribution in [1.82, 2.24) is 19.6 Å². The molecule has 27 heavy (non-hydrogen) atoms. The van der Waals surface area contributed by atoms with E-state index in [1.165, 1.54) is 17.7 Å². The van der Waals surface area contributed by atoms with Gasteiger partial charge in [0.25, 0.3) is 11.7 Å². The van der Waals surface area contributed by atoms with Crippen LogP contribution in [0.5, 0.6) is 0 Å². The van der Waals surface area contributed by atoms with Gasteiger partial charge in [-0.05, 0) is 48.2 Å². The zero-order chi connectivity index (χ0) is 18.6. The van der Waals surface area contributed by atoms with Gasteiger partial charge in [0, 0.05) is 16.3 Å². The molecule has 8 heteroatoms. The van der Waals surface area contributed by atoms with Gasteiger partial charge >= 0.3 is 0 Å². The third-order valence-corrected chi connectivity index (χ3v) is 5.73. The molecule has 4 rings (SSSR count). The molecule has 136 valence electrons. The van der Waals surface area contributed by atoms with Gasteiger partial charge in [-0.1, -0.05) is 31.2 Å². The van der Waals surface area contributed by atoms with E-state index in [4.69, 9.17) is 0 Å². The van der Waals surface area contributed by atoms with E-state index < -0.39 is 0 Å². The van der Waals surface area contributed by atoms with E-state index in [0.29, 0.717) is 10.7 Å². The smallest absolute Gasteiger partial charge is 0.265 e. The maximum Gasteiger partial charge on any atom is 0.265 e. The van der Waals surface area contributed by atoms with Crippen molar-refractivity contribution in [2.45, 2.75) is 29.7 Å². The molecule has 0 aliphatic heterocycles. The number of hydrogen-bond acceptors (Lipinski definition) is 6. The lowest BCUT2D eigenvalue weighted by Crippen LogP contribution is -2.09. The number of nitrogens with zero attached hydrogens (tertiary/aromatic N) is 4. The molecular weight excluding hydrogens is 378 g/mol. The number of carbonyl (C=O) groups is 1. The van der Waals surface area contributed by atoms with Crippen molar-refractivity contribution in [3.8, 4) is 0 Å². The molecule has 0 fully saturated rings. The molecule has 6 nitrogen and oxygen atoms in total. The fraction of sp³-hybridized carbons (Fsp3) is 0.158. The summed E-state index contributed by atoms with van der Waals surface area (Å²) in [4.78, 5) is 22.6. The molecule has 0 saturated carbocycles. The Morgan fingerprint density at radius 2 is 2.11 bits per heavy atom. The highest BCUT2D eigenvalue weighted by atomic mass is 32.2. The number of amides is 1. The molecule has 0 aliphatic carbocycles. The number of fused-ring (bicyclic) bond motifs is 1. The number of aryl methyl sites for hydroxylation is 1. The Morgan fingerprint density at radius 1 is 1.26 bits per heavy atom. The summed E-state index contributed by atoms with van der Waals surface area (Å²) in [5.74, 6) is 0.524. The largest absolute Gasteiger partial charge is 0.321 e. The first kappa shape index (κ1) is 17.7. The lowest BCUT2D eigenvalue weighted by atomic mass is 10.2. The van der Waals surface area contributed by atoms with Crippen LogP contribution < -0.4 is 5.32 Å². The second-order valence-corrected chi connectivity index (χ2v) is 7.91. The zero-order valence-corrected chi connectivity index (χ0v) is 16.3. The molecular formula is C19H17N5OS2. The van der Waals surface area contributed by atoms with Crippen molar-refractivity contribution in [1.29, 1.82) is 0 Å². The van der Waals surface area contributed by atoms with E-state index in [-0.39, 0.29) is 5.91 Å². The lowest BCUT2D eigenvalue weighted by Gasteiger charge is -2.08. The Morgan fingerprint density at radius 3 is 2.85 bits per heavy atom. The van der Waals surface area contributed by atoms with Crippen LogP contribution in [0.25, 0.3) is 5.78 Å². The van der Waals surface area contributed by atoms with Gasteiger partial charge in [0.05, 0.1) is 4.88 Å². The fourth-order valence-corrected chi connectivity index (χ4v) is 4.16. The van der Waals surface area contributed by atoms with E-state index >= 15 is 0 Å². The Hall–Kier alpha value is -2.71. The predicted molar refractivity (Wildman–Crippen MR) is 108 cm³/mol. The normalized spacial score (nSPS) is 11.0. The van der Waals surface area contributed by atoms with Crippen LogP contribution in [0.2, 0.25) is 0 Å². The maximum atomic E-state index is 12.1. The lowest BCUT2D eigenvalue weighted by molar-refractivity contribution is 0.103. The molecule has 3 aromatic heterocycles. The Bertz CT molecular complexity index is 1060. The Kier molecular flexibility index (Phi) is 5.17. The van der Waals surface area contributed by atoms with Crippen molar-refractivity contribution in [3.05, 3.63) is 64.7 Å². The summed E-state index contributed by atoms with van der Waals surface area (Å²) in [6.45, 7) is 2.13. The second kappa shape index (κ2) is 7.89. The number of nitrogens with one attached hydrogen (secondary N) is 1. The van der Waals surface area contributed by atoms with Crippen LogP contribution in [0.3, 0.4) is 0 Å². The van der Waals surface area contributed by atoms with Gasteiger partial charge < -0.3 is 5.32 Å². The van der Waals surface area contributed by atoms with E-state index in [1.54, 1.807) is 16.3 Å². The monoisotopic (exact) mass is 395 g/mol. The van der Waals surface area contributed by atoms with Crippen LogP contribution in [0.1, 0.15) is 28.7 Å². The molecule has 0 atom stereocenters. The van der Waals surface area contributed by atoms with Crippen LogP contribution in [0, 0.1) is 0 Å². The quantitative estimate of drug-likeness (QED) is 0.485. The standard InChI is InChI=1S/C19H17N5OS2/c1-2-4-14-11-17(24-19(23-14)20-12-21-24)27-15-8-6-13(7-9-15)22-18(25)16-5-3-10-26-16/h3,5-12H,2,4H2,1H3,(H,22,25). The van der Waals surface area contributed by atoms with Crippen LogP contribution in [-0.4, -0.2) is 25.5 Å². The first-order valence-electron chi connectivity index (χ1n) is 8.55. The molecule has 0 spiro atoms. The molecule has 0 unspecified atom stereocenters. The highest BCUT2D eigenvalue weighted by Crippen LogP contribution is 2.29. The van der Waals surface area contributed by atoms with Crippen molar-refractivity contribution < 1.29 is 4.79 Å². The minimum atomic E-state index is -0.0898. The minimum absolute atomic E-state index is 0.0898. The number of benzene rings is 1. The van der Waals surface area contributed by atoms with Crippen LogP contribution in [0.4, 0.5) is 5.69 Å². The van der Waals surface area contributed by atoms with Gasteiger partial charge in [0.2, 0.25) is 0 Å². The summed E-state index contributed by atoms with van der Waals surface area (Å²) in [6.07, 6.45) is 3.45. The average Bonchev–Trinajstić information content (AvgIpc) is 3.35. The average molecular weight is 396 g/mol. The molecule has 1 amide bonds. The molecule has 4 aromatic rings.